The van der Waals surface area contributed by atoms with E-state index in [1.807, 2.05) is 18.2 Å². The van der Waals surface area contributed by atoms with Crippen molar-refractivity contribution in [2.75, 3.05) is 32.1 Å². The molecule has 1 unspecified atom stereocenters. The summed E-state index contributed by atoms with van der Waals surface area (Å²) in [4.78, 5) is 25.5. The summed E-state index contributed by atoms with van der Waals surface area (Å²) in [6.07, 6.45) is 5.36. The number of halogens is 1. The highest BCUT2D eigenvalue weighted by Crippen LogP contribution is 2.40. The van der Waals surface area contributed by atoms with Gasteiger partial charge in [-0.1, -0.05) is 26.8 Å². The summed E-state index contributed by atoms with van der Waals surface area (Å²) in [7, 11) is 1.51. The van der Waals surface area contributed by atoms with Crippen molar-refractivity contribution < 1.29 is 9.13 Å². The largest absolute Gasteiger partial charge is 0.497 e. The van der Waals surface area contributed by atoms with Crippen LogP contribution in [0.2, 0.25) is 0 Å². The number of anilines is 1. The van der Waals surface area contributed by atoms with Crippen LogP contribution in [0.25, 0.3) is 10.9 Å². The molecule has 0 amide bonds. The third kappa shape index (κ3) is 6.89. The summed E-state index contributed by atoms with van der Waals surface area (Å²) in [5.74, 6) is 1.53. The van der Waals surface area contributed by atoms with Crippen LogP contribution in [-0.4, -0.2) is 59.2 Å². The fourth-order valence-electron chi connectivity index (χ4n) is 6.22. The topological polar surface area (TPSA) is 83.8 Å². The van der Waals surface area contributed by atoms with Gasteiger partial charge in [0.25, 0.3) is 5.56 Å². The maximum atomic E-state index is 14.4. The van der Waals surface area contributed by atoms with Gasteiger partial charge in [-0.2, -0.15) is 0 Å². The lowest BCUT2D eigenvalue weighted by Gasteiger charge is -2.39. The van der Waals surface area contributed by atoms with Gasteiger partial charge in [-0.25, -0.2) is 14.4 Å². The van der Waals surface area contributed by atoms with Gasteiger partial charge in [0.1, 0.15) is 11.6 Å². The predicted octanol–water partition coefficient (Wildman–Crippen LogP) is 5.06. The zero-order valence-electron chi connectivity index (χ0n) is 24.9. The smallest absolute Gasteiger partial charge is 0.261 e. The summed E-state index contributed by atoms with van der Waals surface area (Å²) < 4.78 is 21.0. The van der Waals surface area contributed by atoms with Crippen molar-refractivity contribution in [2.45, 2.75) is 72.0 Å². The summed E-state index contributed by atoms with van der Waals surface area (Å²) >= 11 is 0. The zero-order chi connectivity index (χ0) is 29.1. The van der Waals surface area contributed by atoms with Crippen LogP contribution in [-0.2, 0) is 13.0 Å². The van der Waals surface area contributed by atoms with E-state index >= 15 is 0 Å². The lowest BCUT2D eigenvalue weighted by molar-refractivity contribution is 0.168. The van der Waals surface area contributed by atoms with Crippen molar-refractivity contribution in [3.8, 4) is 5.75 Å². The normalized spacial score (nSPS) is 23.0. The van der Waals surface area contributed by atoms with Crippen molar-refractivity contribution in [1.82, 2.24) is 19.8 Å². The second-order valence-electron chi connectivity index (χ2n) is 12.5. The highest BCUT2D eigenvalue weighted by molar-refractivity contribution is 5.96. The Bertz CT molecular complexity index is 1470. The Morgan fingerprint density at radius 1 is 1.24 bits per heavy atom. The number of nitrogens with one attached hydrogen (secondary N) is 2. The van der Waals surface area contributed by atoms with Crippen LogP contribution in [0, 0.1) is 17.2 Å². The maximum Gasteiger partial charge on any atom is 0.261 e. The number of fused-ring (bicyclic) bond motifs is 1. The van der Waals surface area contributed by atoms with Gasteiger partial charge in [0, 0.05) is 44.0 Å². The molecule has 1 aliphatic carbocycles. The molecule has 2 N–H and O–H groups in total. The van der Waals surface area contributed by atoms with Crippen LogP contribution >= 0.6 is 0 Å². The molecule has 1 saturated heterocycles. The summed E-state index contributed by atoms with van der Waals surface area (Å²) in [6, 6.07) is 11.1. The number of methoxy groups -OCH3 is 1. The monoisotopic (exact) mass is 562 g/mol. The predicted molar refractivity (Wildman–Crippen MR) is 163 cm³/mol. The average Bonchev–Trinajstić information content (AvgIpc) is 2.94. The molecule has 3 atom stereocenters. The second-order valence-corrected chi connectivity index (χ2v) is 12.5. The third-order valence-electron chi connectivity index (χ3n) is 8.57. The molecule has 1 saturated carbocycles. The van der Waals surface area contributed by atoms with Crippen molar-refractivity contribution in [3.63, 3.8) is 0 Å². The standard InChI is InChI=1S/C32H43FN6O2/c1-21-18-32(3,4)12-10-28(21)37-31(38-15-13-34-22(2)19-38)36-24-7-9-26-29(16-24)35-20-39(30(26)40)14-11-23-6-8-25(41-5)17-27(23)33/h6-9,16-17,20-22,28,34H,10-15,18-19H2,1-5H3,(H,36,37)/t21-,22-,28?/m0/s1. The second kappa shape index (κ2) is 12.2. The molecule has 2 aromatic carbocycles. The number of guanidine groups is 1. The van der Waals surface area contributed by atoms with Crippen LogP contribution in [0.5, 0.6) is 5.75 Å². The van der Waals surface area contributed by atoms with Crippen LogP contribution in [0.4, 0.5) is 10.1 Å². The minimum atomic E-state index is -0.343. The molecule has 2 heterocycles. The fourth-order valence-corrected chi connectivity index (χ4v) is 6.22. The first kappa shape index (κ1) is 29.0. The molecule has 8 nitrogen and oxygen atoms in total. The molecule has 0 radical (unpaired) electrons. The Labute approximate surface area is 242 Å². The van der Waals surface area contributed by atoms with Crippen molar-refractivity contribution in [3.05, 3.63) is 64.5 Å². The minimum absolute atomic E-state index is 0.140. The van der Waals surface area contributed by atoms with E-state index in [9.17, 15) is 9.18 Å². The van der Waals surface area contributed by atoms with E-state index < -0.39 is 0 Å². The number of aryl methyl sites for hydroxylation is 2. The summed E-state index contributed by atoms with van der Waals surface area (Å²) in [5.41, 5.74) is 2.23. The van der Waals surface area contributed by atoms with Gasteiger partial charge in [-0.3, -0.25) is 9.36 Å². The molecule has 0 spiro atoms. The Morgan fingerprint density at radius 2 is 2.07 bits per heavy atom. The number of aromatic nitrogens is 2. The number of hydrogen-bond donors (Lipinski definition) is 2. The molecule has 3 aromatic rings. The fraction of sp³-hybridized carbons (Fsp3) is 0.531. The molecule has 0 bridgehead atoms. The number of ether oxygens (including phenoxy) is 1. The molecule has 2 fully saturated rings. The molecule has 5 rings (SSSR count). The SMILES string of the molecule is COc1ccc(CCn2cnc3cc(N/C(=N/C4CCC(C)(C)C[C@@H]4C)N4CCN[C@@H](C)C4)ccc3c2=O)c(F)c1. The third-order valence-corrected chi connectivity index (χ3v) is 8.57. The first-order chi connectivity index (χ1) is 19.6. The average molecular weight is 563 g/mol. The zero-order valence-corrected chi connectivity index (χ0v) is 24.9. The number of aliphatic imine (C=N–C) groups is 1. The quantitative estimate of drug-likeness (QED) is 0.323. The molecule has 9 heteroatoms. The van der Waals surface area contributed by atoms with Crippen LogP contribution < -0.4 is 20.9 Å². The molecule has 220 valence electrons. The number of piperazine rings is 1. The van der Waals surface area contributed by atoms with Crippen molar-refractivity contribution in [1.29, 1.82) is 0 Å². The number of benzene rings is 2. The van der Waals surface area contributed by atoms with Gasteiger partial charge in [0.05, 0.1) is 30.4 Å². The van der Waals surface area contributed by atoms with E-state index in [4.69, 9.17) is 9.73 Å². The molecule has 1 aliphatic heterocycles. The maximum absolute atomic E-state index is 14.4. The Morgan fingerprint density at radius 3 is 2.80 bits per heavy atom. The summed E-state index contributed by atoms with van der Waals surface area (Å²) in [5, 5.41) is 7.65. The van der Waals surface area contributed by atoms with Crippen molar-refractivity contribution in [2.24, 2.45) is 16.3 Å². The van der Waals surface area contributed by atoms with Gasteiger partial charge < -0.3 is 20.3 Å². The van der Waals surface area contributed by atoms with E-state index in [1.165, 1.54) is 26.0 Å². The molecule has 1 aromatic heterocycles. The molecular formula is C32H43FN6O2. The first-order valence-electron chi connectivity index (χ1n) is 14.8. The van der Waals surface area contributed by atoms with E-state index in [2.05, 4.69) is 48.2 Å². The van der Waals surface area contributed by atoms with Gasteiger partial charge in [-0.15, -0.1) is 0 Å². The Hall–Kier alpha value is -3.46. The van der Waals surface area contributed by atoms with Gasteiger partial charge in [-0.05, 0) is 73.8 Å². The van der Waals surface area contributed by atoms with E-state index in [-0.39, 0.29) is 17.4 Å². The van der Waals surface area contributed by atoms with Gasteiger partial charge in [0.15, 0.2) is 5.96 Å². The highest BCUT2D eigenvalue weighted by Gasteiger charge is 2.33. The lowest BCUT2D eigenvalue weighted by Crippen LogP contribution is -2.53. The van der Waals surface area contributed by atoms with Crippen LogP contribution in [0.15, 0.2) is 52.5 Å². The van der Waals surface area contributed by atoms with Crippen LogP contribution in [0.3, 0.4) is 0 Å². The molecule has 41 heavy (non-hydrogen) atoms. The number of rotatable bonds is 6. The van der Waals surface area contributed by atoms with Gasteiger partial charge >= 0.3 is 0 Å². The van der Waals surface area contributed by atoms with Crippen LogP contribution in [0.1, 0.15) is 52.5 Å². The van der Waals surface area contributed by atoms with Crippen molar-refractivity contribution >= 4 is 22.5 Å². The van der Waals surface area contributed by atoms with Gasteiger partial charge in [0.2, 0.25) is 0 Å². The highest BCUT2D eigenvalue weighted by atomic mass is 19.1. The Kier molecular flexibility index (Phi) is 8.63. The molecule has 2 aliphatic rings. The minimum Gasteiger partial charge on any atom is -0.497 e. The van der Waals surface area contributed by atoms with E-state index in [0.717, 1.165) is 37.7 Å². The summed E-state index contributed by atoms with van der Waals surface area (Å²) in [6.45, 7) is 12.2. The number of hydrogen-bond acceptors (Lipinski definition) is 5. The lowest BCUT2D eigenvalue weighted by atomic mass is 9.71. The Balaban J connectivity index is 1.36. The molecular weight excluding hydrogens is 519 g/mol. The van der Waals surface area contributed by atoms with E-state index in [0.29, 0.717) is 52.6 Å². The number of nitrogens with zero attached hydrogens (tertiary/aromatic N) is 4. The van der Waals surface area contributed by atoms with E-state index in [1.54, 1.807) is 23.0 Å². The first-order valence-corrected chi connectivity index (χ1v) is 14.8.